The third-order valence-electron chi connectivity index (χ3n) is 2.27. The summed E-state index contributed by atoms with van der Waals surface area (Å²) in [7, 11) is 1.75. The summed E-state index contributed by atoms with van der Waals surface area (Å²) in [5.74, 6) is 0. The van der Waals surface area contributed by atoms with Crippen LogP contribution in [0.2, 0.25) is 0 Å². The summed E-state index contributed by atoms with van der Waals surface area (Å²) in [6, 6.07) is 0.465. The Balaban J connectivity index is 2.20. The summed E-state index contributed by atoms with van der Waals surface area (Å²) in [5, 5.41) is 11.8. The van der Waals surface area contributed by atoms with Crippen LogP contribution in [-0.4, -0.2) is 37.5 Å². The fraction of sp³-hybridized carbons (Fsp3) is 1.00. The van der Waals surface area contributed by atoms with Gasteiger partial charge in [0.1, 0.15) is 0 Å². The Morgan fingerprint density at radius 3 is 3.00 bits per heavy atom. The van der Waals surface area contributed by atoms with E-state index in [2.05, 4.69) is 5.32 Å². The van der Waals surface area contributed by atoms with Gasteiger partial charge >= 0.3 is 0 Å². The second kappa shape index (κ2) is 4.70. The number of aliphatic hydroxyl groups is 1. The summed E-state index contributed by atoms with van der Waals surface area (Å²) in [6.07, 6.45) is 3.93. The number of nitrogens with one attached hydrogen (secondary N) is 1. The maximum Gasteiger partial charge on any atom is 0.0724 e. The molecule has 3 heteroatoms. The van der Waals surface area contributed by atoms with Crippen molar-refractivity contribution in [2.75, 3.05) is 20.3 Å². The zero-order chi connectivity index (χ0) is 8.10. The molecule has 1 fully saturated rings. The van der Waals surface area contributed by atoms with Crippen molar-refractivity contribution < 1.29 is 9.84 Å². The molecule has 1 aliphatic carbocycles. The molecule has 0 radical (unpaired) electrons. The highest BCUT2D eigenvalue weighted by Gasteiger charge is 2.25. The highest BCUT2D eigenvalue weighted by atomic mass is 16.5. The molecule has 1 aliphatic rings. The topological polar surface area (TPSA) is 41.5 Å². The molecule has 1 saturated carbocycles. The zero-order valence-electron chi connectivity index (χ0n) is 7.05. The zero-order valence-corrected chi connectivity index (χ0v) is 7.05. The lowest BCUT2D eigenvalue weighted by atomic mass is 10.2. The molecule has 0 spiro atoms. The van der Waals surface area contributed by atoms with Gasteiger partial charge in [-0.1, -0.05) is 0 Å². The van der Waals surface area contributed by atoms with Crippen LogP contribution in [0.4, 0.5) is 0 Å². The molecular formula is C8H17NO2. The van der Waals surface area contributed by atoms with E-state index in [4.69, 9.17) is 9.84 Å². The third kappa shape index (κ3) is 2.43. The van der Waals surface area contributed by atoms with E-state index in [0.29, 0.717) is 18.7 Å². The van der Waals surface area contributed by atoms with E-state index in [0.717, 1.165) is 6.42 Å². The highest BCUT2D eigenvalue weighted by Crippen LogP contribution is 2.20. The highest BCUT2D eigenvalue weighted by molar-refractivity contribution is 4.83. The lowest BCUT2D eigenvalue weighted by Crippen LogP contribution is -2.38. The number of methoxy groups -OCH3 is 1. The summed E-state index contributed by atoms with van der Waals surface area (Å²) in [5.41, 5.74) is 0. The van der Waals surface area contributed by atoms with E-state index >= 15 is 0 Å². The number of ether oxygens (including phenoxy) is 1. The van der Waals surface area contributed by atoms with Crippen molar-refractivity contribution in [3.63, 3.8) is 0 Å². The molecule has 0 aromatic heterocycles. The van der Waals surface area contributed by atoms with Gasteiger partial charge in [-0.25, -0.2) is 0 Å². The molecule has 11 heavy (non-hydrogen) atoms. The van der Waals surface area contributed by atoms with Gasteiger partial charge in [0.25, 0.3) is 0 Å². The molecule has 0 aromatic carbocycles. The molecule has 66 valence electrons. The summed E-state index contributed by atoms with van der Waals surface area (Å²) in [6.45, 7) is 0.900. The molecule has 0 aromatic rings. The minimum Gasteiger partial charge on any atom is -0.395 e. The van der Waals surface area contributed by atoms with Crippen molar-refractivity contribution in [1.29, 1.82) is 0 Å². The number of aliphatic hydroxyl groups excluding tert-OH is 1. The Kier molecular flexibility index (Phi) is 3.83. The van der Waals surface area contributed by atoms with E-state index in [9.17, 15) is 0 Å². The second-order valence-electron chi connectivity index (χ2n) is 2.99. The Morgan fingerprint density at radius 1 is 1.55 bits per heavy atom. The standard InChI is InChI=1S/C8H17NO2/c1-11-8-4-2-3-7(8)9-5-6-10/h7-10H,2-6H2,1H3. The quantitative estimate of drug-likeness (QED) is 0.613. The minimum atomic E-state index is 0.215. The Hall–Kier alpha value is -0.120. The Bertz CT molecular complexity index is 108. The minimum absolute atomic E-state index is 0.215. The smallest absolute Gasteiger partial charge is 0.0724 e. The maximum absolute atomic E-state index is 8.58. The first-order valence-corrected chi connectivity index (χ1v) is 4.25. The van der Waals surface area contributed by atoms with Crippen molar-refractivity contribution in [2.24, 2.45) is 0 Å². The first-order chi connectivity index (χ1) is 5.38. The van der Waals surface area contributed by atoms with E-state index in [1.807, 2.05) is 0 Å². The normalized spacial score (nSPS) is 31.1. The SMILES string of the molecule is COC1CCCC1NCCO. The van der Waals surface area contributed by atoms with Gasteiger partial charge in [0, 0.05) is 19.7 Å². The van der Waals surface area contributed by atoms with Crippen LogP contribution in [-0.2, 0) is 4.74 Å². The largest absolute Gasteiger partial charge is 0.395 e. The fourth-order valence-electron chi connectivity index (χ4n) is 1.69. The van der Waals surface area contributed by atoms with Gasteiger partial charge in [0.05, 0.1) is 12.7 Å². The van der Waals surface area contributed by atoms with E-state index < -0.39 is 0 Å². The molecule has 0 aliphatic heterocycles. The number of hydrogen-bond acceptors (Lipinski definition) is 3. The maximum atomic E-state index is 8.58. The molecule has 2 N–H and O–H groups in total. The van der Waals surface area contributed by atoms with Gasteiger partial charge in [0.2, 0.25) is 0 Å². The van der Waals surface area contributed by atoms with Crippen LogP contribution in [0, 0.1) is 0 Å². The van der Waals surface area contributed by atoms with Crippen LogP contribution in [0.15, 0.2) is 0 Å². The first kappa shape index (κ1) is 8.97. The Labute approximate surface area is 67.7 Å². The number of rotatable bonds is 4. The van der Waals surface area contributed by atoms with E-state index in [-0.39, 0.29) is 6.61 Å². The predicted molar refractivity (Wildman–Crippen MR) is 43.5 cm³/mol. The lowest BCUT2D eigenvalue weighted by Gasteiger charge is -2.18. The Morgan fingerprint density at radius 2 is 2.36 bits per heavy atom. The van der Waals surface area contributed by atoms with Crippen LogP contribution in [0.5, 0.6) is 0 Å². The molecule has 0 saturated heterocycles. The van der Waals surface area contributed by atoms with Crippen molar-refractivity contribution in [2.45, 2.75) is 31.4 Å². The molecular weight excluding hydrogens is 142 g/mol. The van der Waals surface area contributed by atoms with Gasteiger partial charge in [-0.15, -0.1) is 0 Å². The lowest BCUT2D eigenvalue weighted by molar-refractivity contribution is 0.0835. The summed E-state index contributed by atoms with van der Waals surface area (Å²) in [4.78, 5) is 0. The van der Waals surface area contributed by atoms with Crippen molar-refractivity contribution in [3.8, 4) is 0 Å². The monoisotopic (exact) mass is 159 g/mol. The predicted octanol–water partition coefficient (Wildman–Crippen LogP) is 0.136. The average Bonchev–Trinajstić information content (AvgIpc) is 2.47. The van der Waals surface area contributed by atoms with Crippen molar-refractivity contribution in [1.82, 2.24) is 5.32 Å². The van der Waals surface area contributed by atoms with Crippen LogP contribution >= 0.6 is 0 Å². The third-order valence-corrected chi connectivity index (χ3v) is 2.27. The summed E-state index contributed by atoms with van der Waals surface area (Å²) < 4.78 is 5.28. The fourth-order valence-corrected chi connectivity index (χ4v) is 1.69. The molecule has 3 nitrogen and oxygen atoms in total. The molecule has 0 amide bonds. The number of hydrogen-bond donors (Lipinski definition) is 2. The van der Waals surface area contributed by atoms with Crippen LogP contribution < -0.4 is 5.32 Å². The molecule has 0 bridgehead atoms. The second-order valence-corrected chi connectivity index (χ2v) is 2.99. The van der Waals surface area contributed by atoms with E-state index in [1.165, 1.54) is 12.8 Å². The van der Waals surface area contributed by atoms with Gasteiger partial charge in [-0.3, -0.25) is 0 Å². The first-order valence-electron chi connectivity index (χ1n) is 4.25. The van der Waals surface area contributed by atoms with Crippen LogP contribution in [0.1, 0.15) is 19.3 Å². The van der Waals surface area contributed by atoms with E-state index in [1.54, 1.807) is 7.11 Å². The molecule has 0 heterocycles. The van der Waals surface area contributed by atoms with Gasteiger partial charge in [0.15, 0.2) is 0 Å². The van der Waals surface area contributed by atoms with Crippen molar-refractivity contribution >= 4 is 0 Å². The molecule has 2 atom stereocenters. The summed E-state index contributed by atoms with van der Waals surface area (Å²) >= 11 is 0. The average molecular weight is 159 g/mol. The van der Waals surface area contributed by atoms with Gasteiger partial charge in [-0.2, -0.15) is 0 Å². The molecule has 1 rings (SSSR count). The van der Waals surface area contributed by atoms with Crippen LogP contribution in [0.25, 0.3) is 0 Å². The molecule has 2 unspecified atom stereocenters. The van der Waals surface area contributed by atoms with Gasteiger partial charge < -0.3 is 15.2 Å². The van der Waals surface area contributed by atoms with Crippen LogP contribution in [0.3, 0.4) is 0 Å². The van der Waals surface area contributed by atoms with Gasteiger partial charge in [-0.05, 0) is 19.3 Å². The van der Waals surface area contributed by atoms with Crippen molar-refractivity contribution in [3.05, 3.63) is 0 Å².